The Labute approximate surface area is 172 Å². The molecule has 0 N–H and O–H groups in total. The fourth-order valence-corrected chi connectivity index (χ4v) is 3.24. The Morgan fingerprint density at radius 2 is 1.81 bits per heavy atom. The lowest BCUT2D eigenvalue weighted by Gasteiger charge is -2.31. The number of carbonyl (C=O) groups is 1. The van der Waals surface area contributed by atoms with Crippen molar-refractivity contribution in [1.29, 1.82) is 0 Å². The Morgan fingerprint density at radius 1 is 1.11 bits per heavy atom. The van der Waals surface area contributed by atoms with E-state index in [1.54, 1.807) is 19.1 Å². The third-order valence-electron chi connectivity index (χ3n) is 4.60. The number of piperidine rings is 1. The van der Waals surface area contributed by atoms with E-state index in [9.17, 15) is 4.79 Å². The zero-order valence-electron chi connectivity index (χ0n) is 16.2. The lowest BCUT2D eigenvalue weighted by Crippen LogP contribution is -2.37. The molecule has 0 radical (unpaired) electrons. The van der Waals surface area contributed by atoms with Crippen LogP contribution < -0.4 is 4.74 Å². The number of ketones is 1. The molecule has 0 amide bonds. The zero-order valence-corrected chi connectivity index (χ0v) is 17.7. The summed E-state index contributed by atoms with van der Waals surface area (Å²) >= 11 is 11.8. The standard InChI is InChI=1S/C13H17Cl2NO.C9H10O/c1-2-16-7-5-10(6-8-16)17-11-3-4-12(14)13(15)9-11;1-7-4-3-5-9(6-7)8(2)10/h3-4,9-10H,2,5-8H2,1H3;3-6H,1-2H3. The van der Waals surface area contributed by atoms with E-state index in [2.05, 4.69) is 11.8 Å². The summed E-state index contributed by atoms with van der Waals surface area (Å²) in [7, 11) is 0. The van der Waals surface area contributed by atoms with Crippen molar-refractivity contribution >= 4 is 29.0 Å². The van der Waals surface area contributed by atoms with Gasteiger partial charge in [0.1, 0.15) is 11.9 Å². The van der Waals surface area contributed by atoms with Gasteiger partial charge < -0.3 is 9.64 Å². The first-order valence-electron chi connectivity index (χ1n) is 9.30. The van der Waals surface area contributed by atoms with Crippen LogP contribution in [0.1, 0.15) is 42.6 Å². The first-order chi connectivity index (χ1) is 12.9. The molecule has 3 rings (SSSR count). The number of Topliss-reactive ketones (excluding diaryl/α,β-unsaturated/α-hetero) is 1. The molecule has 2 aromatic rings. The highest BCUT2D eigenvalue weighted by Gasteiger charge is 2.19. The van der Waals surface area contributed by atoms with Gasteiger partial charge in [0.2, 0.25) is 0 Å². The third kappa shape index (κ3) is 7.17. The van der Waals surface area contributed by atoms with Crippen molar-refractivity contribution in [1.82, 2.24) is 4.90 Å². The minimum absolute atomic E-state index is 0.128. The Kier molecular flexibility index (Phi) is 8.62. The fourth-order valence-electron chi connectivity index (χ4n) is 2.95. The molecule has 1 aliphatic heterocycles. The minimum atomic E-state index is 0.128. The van der Waals surface area contributed by atoms with Gasteiger partial charge in [-0.05, 0) is 51.4 Å². The van der Waals surface area contributed by atoms with Gasteiger partial charge in [-0.2, -0.15) is 0 Å². The molecule has 0 bridgehead atoms. The summed E-state index contributed by atoms with van der Waals surface area (Å²) in [4.78, 5) is 13.2. The Balaban J connectivity index is 0.000000223. The molecule has 0 aliphatic carbocycles. The maximum atomic E-state index is 10.8. The molecule has 5 heteroatoms. The molecule has 0 spiro atoms. The topological polar surface area (TPSA) is 29.5 Å². The molecule has 2 aromatic carbocycles. The molecule has 0 saturated carbocycles. The quantitative estimate of drug-likeness (QED) is 0.577. The summed E-state index contributed by atoms with van der Waals surface area (Å²) < 4.78 is 5.91. The van der Waals surface area contributed by atoms with E-state index < -0.39 is 0 Å². The Bertz CT molecular complexity index is 756. The van der Waals surface area contributed by atoms with Crippen LogP contribution in [0.3, 0.4) is 0 Å². The molecule has 1 saturated heterocycles. The highest BCUT2D eigenvalue weighted by atomic mass is 35.5. The summed E-state index contributed by atoms with van der Waals surface area (Å²) in [5.74, 6) is 0.943. The van der Waals surface area contributed by atoms with Gasteiger partial charge in [0.25, 0.3) is 0 Å². The van der Waals surface area contributed by atoms with Crippen molar-refractivity contribution in [3.05, 3.63) is 63.6 Å². The van der Waals surface area contributed by atoms with E-state index in [-0.39, 0.29) is 5.78 Å². The van der Waals surface area contributed by atoms with Crippen molar-refractivity contribution in [2.45, 2.75) is 39.7 Å². The predicted molar refractivity (Wildman–Crippen MR) is 113 cm³/mol. The summed E-state index contributed by atoms with van der Waals surface area (Å²) in [6.07, 6.45) is 2.46. The van der Waals surface area contributed by atoms with Gasteiger partial charge in [0, 0.05) is 24.7 Å². The number of nitrogens with zero attached hydrogens (tertiary/aromatic N) is 1. The minimum Gasteiger partial charge on any atom is -0.490 e. The Morgan fingerprint density at radius 3 is 2.33 bits per heavy atom. The van der Waals surface area contributed by atoms with Crippen LogP contribution >= 0.6 is 23.2 Å². The number of rotatable bonds is 4. The largest absolute Gasteiger partial charge is 0.490 e. The summed E-state index contributed by atoms with van der Waals surface area (Å²) in [6.45, 7) is 9.10. The number of carbonyl (C=O) groups excluding carboxylic acids is 1. The molecule has 0 atom stereocenters. The van der Waals surface area contributed by atoms with Gasteiger partial charge in [-0.25, -0.2) is 0 Å². The maximum Gasteiger partial charge on any atom is 0.159 e. The normalized spacial score (nSPS) is 15.0. The second-order valence-electron chi connectivity index (χ2n) is 6.75. The van der Waals surface area contributed by atoms with E-state index in [4.69, 9.17) is 27.9 Å². The molecule has 1 aliphatic rings. The molecule has 27 heavy (non-hydrogen) atoms. The van der Waals surface area contributed by atoms with Gasteiger partial charge in [0.15, 0.2) is 5.78 Å². The summed E-state index contributed by atoms with van der Waals surface area (Å²) in [5.41, 5.74) is 1.92. The van der Waals surface area contributed by atoms with Crippen LogP contribution in [0.15, 0.2) is 42.5 Å². The average Bonchev–Trinajstić information content (AvgIpc) is 2.66. The molecule has 1 fully saturated rings. The van der Waals surface area contributed by atoms with Crippen LogP contribution in [0.2, 0.25) is 10.0 Å². The van der Waals surface area contributed by atoms with Gasteiger partial charge in [-0.3, -0.25) is 4.79 Å². The first-order valence-corrected chi connectivity index (χ1v) is 10.1. The molecule has 146 valence electrons. The van der Waals surface area contributed by atoms with E-state index in [1.807, 2.05) is 37.3 Å². The van der Waals surface area contributed by atoms with Gasteiger partial charge in [0.05, 0.1) is 10.0 Å². The Hall–Kier alpha value is -1.55. The smallest absolute Gasteiger partial charge is 0.159 e. The third-order valence-corrected chi connectivity index (χ3v) is 5.34. The maximum absolute atomic E-state index is 10.8. The fraction of sp³-hybridized carbons (Fsp3) is 0.409. The van der Waals surface area contributed by atoms with Crippen LogP contribution in [-0.4, -0.2) is 36.4 Å². The van der Waals surface area contributed by atoms with Crippen molar-refractivity contribution in [3.63, 3.8) is 0 Å². The monoisotopic (exact) mass is 407 g/mol. The van der Waals surface area contributed by atoms with Crippen LogP contribution in [-0.2, 0) is 0 Å². The summed E-state index contributed by atoms with van der Waals surface area (Å²) in [5, 5.41) is 1.12. The average molecular weight is 408 g/mol. The van der Waals surface area contributed by atoms with Crippen molar-refractivity contribution < 1.29 is 9.53 Å². The molecule has 0 unspecified atom stereocenters. The predicted octanol–water partition coefficient (Wildman–Crippen LogP) is 6.05. The van der Waals surface area contributed by atoms with Crippen molar-refractivity contribution in [2.24, 2.45) is 0 Å². The number of ether oxygens (including phenoxy) is 1. The lowest BCUT2D eigenvalue weighted by atomic mass is 10.1. The number of halogens is 2. The van der Waals surface area contributed by atoms with Gasteiger partial charge >= 0.3 is 0 Å². The molecule has 1 heterocycles. The van der Waals surface area contributed by atoms with Crippen LogP contribution in [0.4, 0.5) is 0 Å². The van der Waals surface area contributed by atoms with Crippen molar-refractivity contribution in [3.8, 4) is 5.75 Å². The number of hydrogen-bond donors (Lipinski definition) is 0. The van der Waals surface area contributed by atoms with E-state index in [0.717, 1.165) is 49.4 Å². The van der Waals surface area contributed by atoms with Crippen LogP contribution in [0.5, 0.6) is 5.75 Å². The SMILES string of the molecule is CC(=O)c1cccc(C)c1.CCN1CCC(Oc2ccc(Cl)c(Cl)c2)CC1. The van der Waals surface area contributed by atoms with Crippen LogP contribution in [0, 0.1) is 6.92 Å². The molecule has 3 nitrogen and oxygen atoms in total. The molecule has 0 aromatic heterocycles. The zero-order chi connectivity index (χ0) is 19.8. The number of hydrogen-bond acceptors (Lipinski definition) is 3. The van der Waals surface area contributed by atoms with E-state index >= 15 is 0 Å². The summed E-state index contributed by atoms with van der Waals surface area (Å²) in [6, 6.07) is 13.0. The van der Waals surface area contributed by atoms with Crippen LogP contribution in [0.25, 0.3) is 0 Å². The molecular formula is C22H27Cl2NO2. The van der Waals surface area contributed by atoms with E-state index in [0.29, 0.717) is 16.1 Å². The first kappa shape index (κ1) is 21.7. The number of likely N-dealkylation sites (tertiary alicyclic amines) is 1. The second-order valence-corrected chi connectivity index (χ2v) is 7.57. The van der Waals surface area contributed by atoms with Gasteiger partial charge in [-0.15, -0.1) is 0 Å². The molecular weight excluding hydrogens is 381 g/mol. The second kappa shape index (κ2) is 10.7. The highest BCUT2D eigenvalue weighted by molar-refractivity contribution is 6.42. The highest BCUT2D eigenvalue weighted by Crippen LogP contribution is 2.28. The van der Waals surface area contributed by atoms with Gasteiger partial charge in [-0.1, -0.05) is 53.9 Å². The lowest BCUT2D eigenvalue weighted by molar-refractivity contribution is 0.101. The number of aryl methyl sites for hydroxylation is 1. The van der Waals surface area contributed by atoms with Crippen molar-refractivity contribution in [2.75, 3.05) is 19.6 Å². The van der Waals surface area contributed by atoms with E-state index in [1.165, 1.54) is 0 Å². The number of benzene rings is 2.